The van der Waals surface area contributed by atoms with Gasteiger partial charge < -0.3 is 9.84 Å². The van der Waals surface area contributed by atoms with Gasteiger partial charge in [0, 0.05) is 0 Å². The molecule has 0 aliphatic heterocycles. The Labute approximate surface area is 165 Å². The maximum absolute atomic E-state index is 12.7. The Morgan fingerprint density at radius 1 is 0.929 bits per heavy atom. The fourth-order valence-corrected chi connectivity index (χ4v) is 4.42. The molecule has 28 heavy (non-hydrogen) atoms. The summed E-state index contributed by atoms with van der Waals surface area (Å²) in [5.74, 6) is -2.44. The van der Waals surface area contributed by atoms with Gasteiger partial charge in [-0.1, -0.05) is 60.7 Å². The van der Waals surface area contributed by atoms with Crippen LogP contribution in [-0.2, 0) is 37.2 Å². The lowest BCUT2D eigenvalue weighted by Crippen LogP contribution is -2.35. The number of hydrogen-bond donors (Lipinski definition) is 1. The third-order valence-electron chi connectivity index (χ3n) is 4.28. The van der Waals surface area contributed by atoms with E-state index in [4.69, 9.17) is 9.84 Å². The Morgan fingerprint density at radius 3 is 2.07 bits per heavy atom. The number of carboxylic acid groups (broad SMARTS) is 1. The number of benzene rings is 2. The third-order valence-corrected chi connectivity index (χ3v) is 6.38. The number of hydrogen-bond acceptors (Lipinski definition) is 5. The summed E-state index contributed by atoms with van der Waals surface area (Å²) in [6.45, 7) is 0.216. The third kappa shape index (κ3) is 7.25. The average molecular weight is 404 g/mol. The molecule has 0 aliphatic carbocycles. The van der Waals surface area contributed by atoms with E-state index in [0.717, 1.165) is 11.1 Å². The number of sulfone groups is 1. The molecule has 0 fully saturated rings. The lowest BCUT2D eigenvalue weighted by molar-refractivity contribution is -0.140. The Hall–Kier alpha value is -2.51. The molecule has 1 atom stereocenters. The first-order valence-corrected chi connectivity index (χ1v) is 10.7. The number of carbonyl (C=O) groups is 2. The van der Waals surface area contributed by atoms with Gasteiger partial charge in [0.1, 0.15) is 11.7 Å². The molecule has 0 saturated heterocycles. The SMILES string of the molecule is O=C(O)CC(=O)C(CCc1ccccc1)S(=O)(=O)CCOCc1ccccc1. The molecule has 0 aromatic heterocycles. The van der Waals surface area contributed by atoms with E-state index in [2.05, 4.69) is 0 Å². The van der Waals surface area contributed by atoms with Crippen LogP contribution in [0.4, 0.5) is 0 Å². The minimum absolute atomic E-state index is 0.0527. The van der Waals surface area contributed by atoms with E-state index < -0.39 is 33.3 Å². The lowest BCUT2D eigenvalue weighted by Gasteiger charge is -2.16. The molecule has 150 valence electrons. The second kappa shape index (κ2) is 10.7. The fraction of sp³-hybridized carbons (Fsp3) is 0.333. The molecule has 2 aromatic rings. The van der Waals surface area contributed by atoms with Crippen molar-refractivity contribution >= 4 is 21.6 Å². The van der Waals surface area contributed by atoms with Gasteiger partial charge >= 0.3 is 5.97 Å². The van der Waals surface area contributed by atoms with Crippen LogP contribution < -0.4 is 0 Å². The number of aryl methyl sites for hydroxylation is 1. The summed E-state index contributed by atoms with van der Waals surface area (Å²) in [5.41, 5.74) is 1.81. The summed E-state index contributed by atoms with van der Waals surface area (Å²) >= 11 is 0. The number of ketones is 1. The molecule has 1 unspecified atom stereocenters. The first kappa shape index (κ1) is 21.8. The molecular weight excluding hydrogens is 380 g/mol. The lowest BCUT2D eigenvalue weighted by atomic mass is 10.1. The second-order valence-electron chi connectivity index (χ2n) is 6.45. The summed E-state index contributed by atoms with van der Waals surface area (Å²) in [6.07, 6.45) is -0.373. The van der Waals surface area contributed by atoms with Gasteiger partial charge in [0.05, 0.1) is 19.0 Å². The number of carbonyl (C=O) groups excluding carboxylic acids is 1. The van der Waals surface area contributed by atoms with Crippen molar-refractivity contribution in [1.82, 2.24) is 0 Å². The fourth-order valence-electron chi connectivity index (χ4n) is 2.83. The quantitative estimate of drug-likeness (QED) is 0.431. The molecule has 1 N–H and O–H groups in total. The first-order chi connectivity index (χ1) is 13.4. The zero-order valence-corrected chi connectivity index (χ0v) is 16.3. The molecule has 0 saturated carbocycles. The van der Waals surface area contributed by atoms with Gasteiger partial charge in [-0.25, -0.2) is 8.42 Å². The Kier molecular flexibility index (Phi) is 8.35. The summed E-state index contributed by atoms with van der Waals surface area (Å²) in [4.78, 5) is 23.2. The van der Waals surface area contributed by atoms with Crippen LogP contribution in [0.1, 0.15) is 24.0 Å². The van der Waals surface area contributed by atoms with Crippen molar-refractivity contribution in [3.8, 4) is 0 Å². The van der Waals surface area contributed by atoms with Crippen LogP contribution >= 0.6 is 0 Å². The van der Waals surface area contributed by atoms with E-state index in [1.54, 1.807) is 0 Å². The average Bonchev–Trinajstić information content (AvgIpc) is 2.66. The van der Waals surface area contributed by atoms with Gasteiger partial charge in [0.15, 0.2) is 15.6 Å². The highest BCUT2D eigenvalue weighted by molar-refractivity contribution is 7.92. The van der Waals surface area contributed by atoms with Crippen molar-refractivity contribution in [2.24, 2.45) is 0 Å². The van der Waals surface area contributed by atoms with Gasteiger partial charge in [-0.3, -0.25) is 9.59 Å². The number of aliphatic carboxylic acids is 1. The molecule has 0 amide bonds. The number of rotatable bonds is 12. The highest BCUT2D eigenvalue weighted by Crippen LogP contribution is 2.15. The van der Waals surface area contributed by atoms with E-state index in [1.807, 2.05) is 60.7 Å². The topological polar surface area (TPSA) is 97.7 Å². The van der Waals surface area contributed by atoms with Crippen LogP contribution in [0.5, 0.6) is 0 Å². The molecule has 0 heterocycles. The number of Topliss-reactive ketones (excluding diaryl/α,β-unsaturated/α-hetero) is 1. The summed E-state index contributed by atoms with van der Waals surface area (Å²) in [5, 5.41) is 7.54. The van der Waals surface area contributed by atoms with Crippen molar-refractivity contribution in [3.63, 3.8) is 0 Å². The van der Waals surface area contributed by atoms with E-state index in [-0.39, 0.29) is 25.4 Å². The molecule has 6 nitrogen and oxygen atoms in total. The smallest absolute Gasteiger partial charge is 0.310 e. The Bertz CT molecular complexity index is 862. The maximum atomic E-state index is 12.7. The highest BCUT2D eigenvalue weighted by Gasteiger charge is 2.32. The zero-order chi connectivity index (χ0) is 20.4. The molecule has 7 heteroatoms. The van der Waals surface area contributed by atoms with Crippen LogP contribution in [0.25, 0.3) is 0 Å². The summed E-state index contributed by atoms with van der Waals surface area (Å²) < 4.78 is 30.8. The minimum Gasteiger partial charge on any atom is -0.481 e. The predicted molar refractivity (Wildman–Crippen MR) is 106 cm³/mol. The van der Waals surface area contributed by atoms with Crippen LogP contribution in [-0.4, -0.2) is 42.9 Å². The normalized spacial score (nSPS) is 12.4. The largest absolute Gasteiger partial charge is 0.481 e. The standard InChI is InChI=1S/C21H24O6S/c22-19(15-21(23)24)20(12-11-17-7-3-1-4-8-17)28(25,26)14-13-27-16-18-9-5-2-6-10-18/h1-10,20H,11-16H2,(H,23,24). The Balaban J connectivity index is 1.97. The summed E-state index contributed by atoms with van der Waals surface area (Å²) in [6, 6.07) is 18.5. The number of carboxylic acids is 1. The molecule has 0 aliphatic rings. The van der Waals surface area contributed by atoms with Crippen molar-refractivity contribution in [3.05, 3.63) is 71.8 Å². The van der Waals surface area contributed by atoms with E-state index >= 15 is 0 Å². The summed E-state index contributed by atoms with van der Waals surface area (Å²) in [7, 11) is -3.83. The monoisotopic (exact) mass is 404 g/mol. The minimum atomic E-state index is -3.83. The van der Waals surface area contributed by atoms with Crippen molar-refractivity contribution in [2.45, 2.75) is 31.1 Å². The molecule has 2 rings (SSSR count). The van der Waals surface area contributed by atoms with Gasteiger partial charge in [-0.15, -0.1) is 0 Å². The maximum Gasteiger partial charge on any atom is 0.310 e. The predicted octanol–water partition coefficient (Wildman–Crippen LogP) is 2.66. The van der Waals surface area contributed by atoms with Crippen molar-refractivity contribution < 1.29 is 27.9 Å². The van der Waals surface area contributed by atoms with Gasteiger partial charge in [0.25, 0.3) is 0 Å². The molecular formula is C21H24O6S. The van der Waals surface area contributed by atoms with E-state index in [1.165, 1.54) is 0 Å². The zero-order valence-electron chi connectivity index (χ0n) is 15.5. The first-order valence-electron chi connectivity index (χ1n) is 9.00. The van der Waals surface area contributed by atoms with Gasteiger partial charge in [-0.2, -0.15) is 0 Å². The van der Waals surface area contributed by atoms with Gasteiger partial charge in [0.2, 0.25) is 0 Å². The van der Waals surface area contributed by atoms with Crippen LogP contribution in [0.2, 0.25) is 0 Å². The molecule has 2 aromatic carbocycles. The van der Waals surface area contributed by atoms with Crippen LogP contribution in [0.15, 0.2) is 60.7 Å². The second-order valence-corrected chi connectivity index (χ2v) is 8.76. The van der Waals surface area contributed by atoms with E-state index in [9.17, 15) is 18.0 Å². The number of ether oxygens (including phenoxy) is 1. The molecule has 0 bridgehead atoms. The molecule has 0 spiro atoms. The van der Waals surface area contributed by atoms with Crippen molar-refractivity contribution in [2.75, 3.05) is 12.4 Å². The van der Waals surface area contributed by atoms with Crippen LogP contribution in [0, 0.1) is 0 Å². The van der Waals surface area contributed by atoms with E-state index in [0.29, 0.717) is 6.42 Å². The molecule has 0 radical (unpaired) electrons. The van der Waals surface area contributed by atoms with Crippen molar-refractivity contribution in [1.29, 1.82) is 0 Å². The highest BCUT2D eigenvalue weighted by atomic mass is 32.2. The Morgan fingerprint density at radius 2 is 1.50 bits per heavy atom. The van der Waals surface area contributed by atoms with Gasteiger partial charge in [-0.05, 0) is 24.0 Å². The van der Waals surface area contributed by atoms with Crippen LogP contribution in [0.3, 0.4) is 0 Å².